The molecule has 148 valence electrons. The summed E-state index contributed by atoms with van der Waals surface area (Å²) in [6, 6.07) is 0. The number of hydrogen-bond acceptors (Lipinski definition) is 4. The molecule has 0 saturated heterocycles. The highest BCUT2D eigenvalue weighted by atomic mass is 16.5. The van der Waals surface area contributed by atoms with Crippen LogP contribution in [0.5, 0.6) is 0 Å². The second-order valence-corrected chi connectivity index (χ2v) is 6.81. The van der Waals surface area contributed by atoms with E-state index in [-0.39, 0.29) is 19.1 Å². The van der Waals surface area contributed by atoms with Crippen molar-refractivity contribution in [1.82, 2.24) is 0 Å². The van der Waals surface area contributed by atoms with Crippen LogP contribution >= 0.6 is 0 Å². The summed E-state index contributed by atoms with van der Waals surface area (Å²) in [5.74, 6) is -0.0393. The van der Waals surface area contributed by atoms with Crippen LogP contribution in [0.1, 0.15) is 65.2 Å². The fourth-order valence-corrected chi connectivity index (χ4v) is 2.49. The Morgan fingerprint density at radius 2 is 1.68 bits per heavy atom. The van der Waals surface area contributed by atoms with Crippen LogP contribution in [0.15, 0.2) is 12.7 Å². The van der Waals surface area contributed by atoms with Crippen LogP contribution in [-0.4, -0.2) is 50.2 Å². The smallest absolute Gasteiger partial charge is 0.305 e. The lowest BCUT2D eigenvalue weighted by molar-refractivity contribution is -0.138. The first-order valence-corrected chi connectivity index (χ1v) is 9.66. The zero-order chi connectivity index (χ0) is 18.8. The molecule has 0 aliphatic heterocycles. The maximum atomic E-state index is 10.4. The Kier molecular flexibility index (Phi) is 17.2. The molecule has 0 aliphatic carbocycles. The molecule has 0 amide bonds. The molecule has 25 heavy (non-hydrogen) atoms. The zero-order valence-corrected chi connectivity index (χ0v) is 16.2. The van der Waals surface area contributed by atoms with Gasteiger partial charge >= 0.3 is 5.97 Å². The van der Waals surface area contributed by atoms with E-state index < -0.39 is 5.97 Å². The molecular weight excluding hydrogens is 320 g/mol. The van der Waals surface area contributed by atoms with Gasteiger partial charge in [0.1, 0.15) is 0 Å². The first-order chi connectivity index (χ1) is 12.1. The molecule has 0 aromatic heterocycles. The average Bonchev–Trinajstić information content (AvgIpc) is 2.56. The summed E-state index contributed by atoms with van der Waals surface area (Å²) < 4.78 is 16.6. The molecule has 0 aliphatic rings. The number of carboxylic acids is 1. The van der Waals surface area contributed by atoms with Gasteiger partial charge in [-0.15, -0.1) is 6.58 Å². The Balaban J connectivity index is 3.73. The minimum Gasteiger partial charge on any atom is -0.481 e. The summed E-state index contributed by atoms with van der Waals surface area (Å²) in [4.78, 5) is 10.4. The fourth-order valence-electron chi connectivity index (χ4n) is 2.49. The van der Waals surface area contributed by atoms with Crippen LogP contribution in [0.4, 0.5) is 0 Å². The largest absolute Gasteiger partial charge is 0.481 e. The van der Waals surface area contributed by atoms with Gasteiger partial charge in [-0.1, -0.05) is 58.4 Å². The van der Waals surface area contributed by atoms with Crippen LogP contribution < -0.4 is 0 Å². The molecule has 0 fully saturated rings. The van der Waals surface area contributed by atoms with Crippen molar-refractivity contribution in [2.24, 2.45) is 5.92 Å². The van der Waals surface area contributed by atoms with Gasteiger partial charge in [0.15, 0.2) is 0 Å². The van der Waals surface area contributed by atoms with Crippen molar-refractivity contribution in [2.45, 2.75) is 71.3 Å². The average molecular weight is 359 g/mol. The summed E-state index contributed by atoms with van der Waals surface area (Å²) in [7, 11) is 0. The van der Waals surface area contributed by atoms with Crippen LogP contribution in [-0.2, 0) is 19.0 Å². The zero-order valence-electron chi connectivity index (χ0n) is 16.2. The lowest BCUT2D eigenvalue weighted by Gasteiger charge is -2.18. The van der Waals surface area contributed by atoms with Gasteiger partial charge in [-0.25, -0.2) is 0 Å². The second kappa shape index (κ2) is 17.9. The Morgan fingerprint density at radius 3 is 2.32 bits per heavy atom. The van der Waals surface area contributed by atoms with E-state index in [1.807, 2.05) is 0 Å². The van der Waals surface area contributed by atoms with E-state index in [4.69, 9.17) is 19.3 Å². The van der Waals surface area contributed by atoms with Crippen molar-refractivity contribution in [1.29, 1.82) is 0 Å². The second-order valence-electron chi connectivity index (χ2n) is 6.81. The molecule has 1 unspecified atom stereocenters. The molecule has 0 rings (SSSR count). The number of carbonyl (C=O) groups is 1. The number of unbranched alkanes of at least 4 members (excludes halogenated alkanes) is 4. The molecule has 0 saturated carbocycles. The Labute approximate surface area is 153 Å². The highest BCUT2D eigenvalue weighted by Gasteiger charge is 2.09. The predicted molar refractivity (Wildman–Crippen MR) is 101 cm³/mol. The normalized spacial score (nSPS) is 12.4. The number of carboxylic acid groups (broad SMARTS) is 1. The molecule has 1 N–H and O–H groups in total. The summed E-state index contributed by atoms with van der Waals surface area (Å²) in [5, 5.41) is 8.54. The lowest BCUT2D eigenvalue weighted by atomic mass is 10.0. The van der Waals surface area contributed by atoms with E-state index in [1.54, 1.807) is 6.08 Å². The maximum Gasteiger partial charge on any atom is 0.305 e. The molecule has 0 aromatic carbocycles. The van der Waals surface area contributed by atoms with E-state index in [2.05, 4.69) is 20.4 Å². The molecule has 0 radical (unpaired) electrons. The number of hydrogen-bond donors (Lipinski definition) is 1. The van der Waals surface area contributed by atoms with Crippen LogP contribution in [0.25, 0.3) is 0 Å². The lowest BCUT2D eigenvalue weighted by Crippen LogP contribution is -2.22. The highest BCUT2D eigenvalue weighted by Crippen LogP contribution is 2.13. The van der Waals surface area contributed by atoms with E-state index >= 15 is 0 Å². The quantitative estimate of drug-likeness (QED) is 0.273. The predicted octanol–water partition coefficient (Wildman–Crippen LogP) is 4.45. The summed E-state index contributed by atoms with van der Waals surface area (Å²) in [6.45, 7) is 10.4. The third-order valence-corrected chi connectivity index (χ3v) is 3.89. The maximum absolute atomic E-state index is 10.4. The van der Waals surface area contributed by atoms with E-state index in [0.29, 0.717) is 26.4 Å². The van der Waals surface area contributed by atoms with Gasteiger partial charge in [-0.2, -0.15) is 0 Å². The van der Waals surface area contributed by atoms with Gasteiger partial charge in [0.25, 0.3) is 0 Å². The number of rotatable bonds is 19. The van der Waals surface area contributed by atoms with Gasteiger partial charge in [0.05, 0.1) is 45.6 Å². The molecule has 0 bridgehead atoms. The Morgan fingerprint density at radius 1 is 1.00 bits per heavy atom. The van der Waals surface area contributed by atoms with E-state index in [0.717, 1.165) is 18.8 Å². The summed E-state index contributed by atoms with van der Waals surface area (Å²) >= 11 is 0. The Bertz CT molecular complexity index is 317. The van der Waals surface area contributed by atoms with E-state index in [9.17, 15) is 4.79 Å². The molecule has 0 spiro atoms. The minimum absolute atomic E-state index is 0.0304. The van der Waals surface area contributed by atoms with E-state index in [1.165, 1.54) is 32.1 Å². The van der Waals surface area contributed by atoms with Crippen molar-refractivity contribution < 1.29 is 24.1 Å². The van der Waals surface area contributed by atoms with Gasteiger partial charge in [-0.05, 0) is 12.3 Å². The Hall–Kier alpha value is -0.910. The fraction of sp³-hybridized carbons (Fsp3) is 0.850. The van der Waals surface area contributed by atoms with Crippen molar-refractivity contribution in [3.63, 3.8) is 0 Å². The van der Waals surface area contributed by atoms with Gasteiger partial charge in [-0.3, -0.25) is 4.79 Å². The standard InChI is InChI=1S/C20H38O5/c1-4-13-24-17-19(25-16-15-23-14-12-20(21)22)11-9-7-5-6-8-10-18(2)3/h4,18-19H,1,5-17H2,2-3H3,(H,21,22). The monoisotopic (exact) mass is 358 g/mol. The van der Waals surface area contributed by atoms with Crippen LogP contribution in [0.2, 0.25) is 0 Å². The molecule has 1 atom stereocenters. The molecule has 0 aromatic rings. The summed E-state index contributed by atoms with van der Waals surface area (Å²) in [5.41, 5.74) is 0. The van der Waals surface area contributed by atoms with Crippen molar-refractivity contribution in [3.8, 4) is 0 Å². The van der Waals surface area contributed by atoms with Gasteiger partial charge in [0.2, 0.25) is 0 Å². The SMILES string of the molecule is C=CCOCC(CCCCCCCC(C)C)OCCOCCC(=O)O. The van der Waals surface area contributed by atoms with Gasteiger partial charge in [0, 0.05) is 0 Å². The van der Waals surface area contributed by atoms with Crippen LogP contribution in [0, 0.1) is 5.92 Å². The van der Waals surface area contributed by atoms with Crippen molar-refractivity contribution in [3.05, 3.63) is 12.7 Å². The number of ether oxygens (including phenoxy) is 3. The van der Waals surface area contributed by atoms with Crippen molar-refractivity contribution >= 4 is 5.97 Å². The minimum atomic E-state index is -0.843. The first-order valence-electron chi connectivity index (χ1n) is 9.66. The topological polar surface area (TPSA) is 65.0 Å². The summed E-state index contributed by atoms with van der Waals surface area (Å²) in [6.07, 6.45) is 10.4. The van der Waals surface area contributed by atoms with Crippen molar-refractivity contribution in [2.75, 3.05) is 33.0 Å². The molecule has 5 heteroatoms. The third kappa shape index (κ3) is 19.3. The molecular formula is C20H38O5. The van der Waals surface area contributed by atoms with Crippen LogP contribution in [0.3, 0.4) is 0 Å². The highest BCUT2D eigenvalue weighted by molar-refractivity contribution is 5.66. The first kappa shape index (κ1) is 24.1. The van der Waals surface area contributed by atoms with Gasteiger partial charge < -0.3 is 19.3 Å². The number of aliphatic carboxylic acids is 1. The molecule has 0 heterocycles. The molecule has 5 nitrogen and oxygen atoms in total. The third-order valence-electron chi connectivity index (χ3n) is 3.89.